The minimum atomic E-state index is -1.38. The summed E-state index contributed by atoms with van der Waals surface area (Å²) in [5, 5.41) is 8.45. The van der Waals surface area contributed by atoms with Gasteiger partial charge in [0.15, 0.2) is 0 Å². The number of benzene rings is 1. The van der Waals surface area contributed by atoms with Crippen molar-refractivity contribution in [3.8, 4) is 11.8 Å². The fourth-order valence-corrected chi connectivity index (χ4v) is 2.43. The van der Waals surface area contributed by atoms with Crippen molar-refractivity contribution >= 4 is 16.7 Å². The number of nitriles is 1. The van der Waals surface area contributed by atoms with Crippen LogP contribution >= 0.6 is 0 Å². The minimum absolute atomic E-state index is 0.0751. The van der Waals surface area contributed by atoms with E-state index < -0.39 is 10.8 Å². The van der Waals surface area contributed by atoms with Crippen molar-refractivity contribution in [2.75, 3.05) is 26.5 Å². The normalized spacial score (nSPS) is 11.4. The summed E-state index contributed by atoms with van der Waals surface area (Å²) in [6.45, 7) is 0.356. The Hall–Kier alpha value is -1.87. The molecule has 0 aliphatic carbocycles. The van der Waals surface area contributed by atoms with Crippen LogP contribution in [0.3, 0.4) is 0 Å². The van der Waals surface area contributed by atoms with Crippen molar-refractivity contribution in [3.05, 3.63) is 24.3 Å². The third kappa shape index (κ3) is 4.72. The number of carbonyl (C=O) groups excluding carboxylic acids is 1. The lowest BCUT2D eigenvalue weighted by Crippen LogP contribution is -2.31. The molecule has 102 valence electrons. The van der Waals surface area contributed by atoms with E-state index in [-0.39, 0.29) is 18.1 Å². The molecule has 1 atom stereocenters. The molecule has 0 heterocycles. The highest BCUT2D eigenvalue weighted by atomic mass is 32.2. The molecule has 0 fully saturated rings. The maximum atomic E-state index is 12.0. The number of nitrogens with zero attached hydrogens (tertiary/aromatic N) is 2. The second kappa shape index (κ2) is 7.54. The molecule has 0 spiro atoms. The van der Waals surface area contributed by atoms with Crippen molar-refractivity contribution in [1.82, 2.24) is 4.90 Å². The number of methoxy groups -OCH3 is 1. The van der Waals surface area contributed by atoms with Crippen LogP contribution < -0.4 is 4.74 Å². The van der Waals surface area contributed by atoms with Crippen LogP contribution in [0.4, 0.5) is 0 Å². The van der Waals surface area contributed by atoms with E-state index in [2.05, 4.69) is 0 Å². The van der Waals surface area contributed by atoms with Gasteiger partial charge in [-0.2, -0.15) is 5.26 Å². The maximum absolute atomic E-state index is 12.0. The monoisotopic (exact) mass is 280 g/mol. The van der Waals surface area contributed by atoms with E-state index in [9.17, 15) is 9.00 Å². The molecule has 6 heteroatoms. The van der Waals surface area contributed by atoms with Gasteiger partial charge in [-0.1, -0.05) is 0 Å². The third-order valence-corrected chi connectivity index (χ3v) is 3.87. The fourth-order valence-electron chi connectivity index (χ4n) is 1.38. The van der Waals surface area contributed by atoms with Gasteiger partial charge in [0.05, 0.1) is 30.4 Å². The van der Waals surface area contributed by atoms with Gasteiger partial charge in [-0.15, -0.1) is 0 Å². The Balaban J connectivity index is 2.58. The van der Waals surface area contributed by atoms with Gasteiger partial charge in [-0.3, -0.25) is 9.00 Å². The maximum Gasteiger partial charge on any atom is 0.235 e. The molecule has 19 heavy (non-hydrogen) atoms. The van der Waals surface area contributed by atoms with Crippen LogP contribution in [0.2, 0.25) is 0 Å². The van der Waals surface area contributed by atoms with Crippen LogP contribution in [0.15, 0.2) is 29.2 Å². The smallest absolute Gasteiger partial charge is 0.235 e. The predicted octanol–water partition coefficient (Wildman–Crippen LogP) is 1.17. The van der Waals surface area contributed by atoms with Gasteiger partial charge in [-0.25, -0.2) is 0 Å². The van der Waals surface area contributed by atoms with Gasteiger partial charge < -0.3 is 9.64 Å². The number of amides is 1. The Kier molecular flexibility index (Phi) is 6.03. The molecule has 0 aromatic heterocycles. The molecule has 1 amide bonds. The lowest BCUT2D eigenvalue weighted by molar-refractivity contribution is -0.127. The van der Waals surface area contributed by atoms with Gasteiger partial charge in [0.1, 0.15) is 11.5 Å². The summed E-state index contributed by atoms with van der Waals surface area (Å²) in [4.78, 5) is 13.8. The Labute approximate surface area is 115 Å². The predicted molar refractivity (Wildman–Crippen MR) is 72.1 cm³/mol. The van der Waals surface area contributed by atoms with Crippen molar-refractivity contribution in [2.45, 2.75) is 11.3 Å². The quantitative estimate of drug-likeness (QED) is 0.784. The molecule has 1 unspecified atom stereocenters. The van der Waals surface area contributed by atoms with E-state index in [1.54, 1.807) is 38.4 Å². The second-order valence-electron chi connectivity index (χ2n) is 3.89. The van der Waals surface area contributed by atoms with Crippen molar-refractivity contribution in [2.24, 2.45) is 0 Å². The highest BCUT2D eigenvalue weighted by Crippen LogP contribution is 2.14. The molecular weight excluding hydrogens is 264 g/mol. The Morgan fingerprint density at radius 1 is 1.42 bits per heavy atom. The molecule has 1 rings (SSSR count). The van der Waals surface area contributed by atoms with E-state index in [1.807, 2.05) is 6.07 Å². The lowest BCUT2D eigenvalue weighted by atomic mass is 10.3. The van der Waals surface area contributed by atoms with Crippen LogP contribution in [0.25, 0.3) is 0 Å². The van der Waals surface area contributed by atoms with Crippen LogP contribution in [-0.2, 0) is 15.6 Å². The van der Waals surface area contributed by atoms with E-state index in [0.29, 0.717) is 17.2 Å². The summed E-state index contributed by atoms with van der Waals surface area (Å²) in [7, 11) is 1.78. The number of carbonyl (C=O) groups is 1. The van der Waals surface area contributed by atoms with Crippen molar-refractivity contribution < 1.29 is 13.7 Å². The van der Waals surface area contributed by atoms with E-state index in [1.165, 1.54) is 4.90 Å². The summed E-state index contributed by atoms with van der Waals surface area (Å²) in [5.41, 5.74) is 0. The highest BCUT2D eigenvalue weighted by Gasteiger charge is 2.14. The zero-order valence-electron chi connectivity index (χ0n) is 11.0. The SMILES string of the molecule is COc1ccc(S(=O)CC(=O)N(C)CCC#N)cc1. The van der Waals surface area contributed by atoms with Gasteiger partial charge in [0.25, 0.3) is 0 Å². The largest absolute Gasteiger partial charge is 0.497 e. The molecule has 0 aliphatic heterocycles. The number of ether oxygens (including phenoxy) is 1. The fraction of sp³-hybridized carbons (Fsp3) is 0.385. The summed E-state index contributed by atoms with van der Waals surface area (Å²) < 4.78 is 17.0. The van der Waals surface area contributed by atoms with Crippen molar-refractivity contribution in [3.63, 3.8) is 0 Å². The lowest BCUT2D eigenvalue weighted by Gasteiger charge is -2.15. The Morgan fingerprint density at radius 2 is 2.05 bits per heavy atom. The molecule has 1 aromatic carbocycles. The average molecular weight is 280 g/mol. The summed E-state index contributed by atoms with van der Waals surface area (Å²) in [5.74, 6) is 0.372. The summed E-state index contributed by atoms with van der Waals surface area (Å²) in [6, 6.07) is 8.73. The van der Waals surface area contributed by atoms with Gasteiger partial charge in [0, 0.05) is 18.5 Å². The zero-order valence-corrected chi connectivity index (χ0v) is 11.8. The number of hydrogen-bond donors (Lipinski definition) is 0. The molecule has 5 nitrogen and oxygen atoms in total. The molecule has 0 saturated carbocycles. The first-order valence-corrected chi connectivity index (χ1v) is 7.03. The van der Waals surface area contributed by atoms with Gasteiger partial charge in [0.2, 0.25) is 5.91 Å². The van der Waals surface area contributed by atoms with Crippen LogP contribution in [0.5, 0.6) is 5.75 Å². The van der Waals surface area contributed by atoms with Crippen LogP contribution in [-0.4, -0.2) is 41.5 Å². The van der Waals surface area contributed by atoms with Crippen LogP contribution in [0, 0.1) is 11.3 Å². The molecule has 0 saturated heterocycles. The topological polar surface area (TPSA) is 70.4 Å². The third-order valence-electron chi connectivity index (χ3n) is 2.56. The van der Waals surface area contributed by atoms with Crippen molar-refractivity contribution in [1.29, 1.82) is 5.26 Å². The molecular formula is C13H16N2O3S. The molecule has 0 aliphatic rings. The first-order chi connectivity index (χ1) is 9.08. The minimum Gasteiger partial charge on any atom is -0.497 e. The van der Waals surface area contributed by atoms with Crippen LogP contribution in [0.1, 0.15) is 6.42 Å². The molecule has 0 N–H and O–H groups in total. The molecule has 0 bridgehead atoms. The molecule has 1 aromatic rings. The Morgan fingerprint density at radius 3 is 2.58 bits per heavy atom. The highest BCUT2D eigenvalue weighted by molar-refractivity contribution is 7.85. The van der Waals surface area contributed by atoms with Gasteiger partial charge in [-0.05, 0) is 24.3 Å². The molecule has 0 radical (unpaired) electrons. The average Bonchev–Trinajstić information content (AvgIpc) is 2.44. The number of hydrogen-bond acceptors (Lipinski definition) is 4. The standard InChI is InChI=1S/C13H16N2O3S/c1-15(9-3-8-14)13(16)10-19(17)12-6-4-11(18-2)5-7-12/h4-7H,3,9-10H2,1-2H3. The first-order valence-electron chi connectivity index (χ1n) is 5.72. The summed E-state index contributed by atoms with van der Waals surface area (Å²) in [6.07, 6.45) is 0.275. The first kappa shape index (κ1) is 15.2. The zero-order chi connectivity index (χ0) is 14.3. The number of rotatable bonds is 6. The van der Waals surface area contributed by atoms with E-state index in [4.69, 9.17) is 10.00 Å². The second-order valence-corrected chi connectivity index (χ2v) is 5.34. The van der Waals surface area contributed by atoms with E-state index >= 15 is 0 Å². The Bertz CT molecular complexity index is 494. The van der Waals surface area contributed by atoms with E-state index in [0.717, 1.165) is 0 Å². The van der Waals surface area contributed by atoms with Gasteiger partial charge >= 0.3 is 0 Å². The summed E-state index contributed by atoms with van der Waals surface area (Å²) >= 11 is 0.